The summed E-state index contributed by atoms with van der Waals surface area (Å²) >= 11 is 1.09. The number of aryl methyl sites for hydroxylation is 3. The lowest BCUT2D eigenvalue weighted by molar-refractivity contribution is 0.269. The van der Waals surface area contributed by atoms with Crippen molar-refractivity contribution in [2.45, 2.75) is 33.8 Å². The zero-order valence-corrected chi connectivity index (χ0v) is 15.2. The summed E-state index contributed by atoms with van der Waals surface area (Å²) in [5, 5.41) is 2.67. The number of amides is 1. The predicted molar refractivity (Wildman–Crippen MR) is 98.6 cm³/mol. The van der Waals surface area contributed by atoms with Gasteiger partial charge < -0.3 is 10.1 Å². The van der Waals surface area contributed by atoms with Crippen molar-refractivity contribution in [3.8, 4) is 5.75 Å². The summed E-state index contributed by atoms with van der Waals surface area (Å²) in [6.45, 7) is 6.12. The molecule has 0 unspecified atom stereocenters. The summed E-state index contributed by atoms with van der Waals surface area (Å²) < 4.78 is 19.8. The molecule has 0 fully saturated rings. The molecule has 0 atom stereocenters. The average Bonchev–Trinajstić information content (AvgIpc) is 2.55. The van der Waals surface area contributed by atoms with E-state index in [1.165, 1.54) is 12.1 Å². The van der Waals surface area contributed by atoms with Crippen molar-refractivity contribution in [3.05, 3.63) is 58.4 Å². The second-order valence-corrected chi connectivity index (χ2v) is 6.41. The quantitative estimate of drug-likeness (QED) is 0.778. The SMILES string of the molecule is CCc1cc(F)cc(COc2ccc(C)cc2C)c1NC(=O)SC. The maximum absolute atomic E-state index is 13.9. The third kappa shape index (κ3) is 4.51. The number of anilines is 1. The van der Waals surface area contributed by atoms with Gasteiger partial charge in [-0.2, -0.15) is 0 Å². The van der Waals surface area contributed by atoms with Gasteiger partial charge in [0.25, 0.3) is 5.24 Å². The molecule has 2 aromatic rings. The molecule has 128 valence electrons. The molecule has 0 heterocycles. The van der Waals surface area contributed by atoms with Gasteiger partial charge in [-0.15, -0.1) is 0 Å². The highest BCUT2D eigenvalue weighted by molar-refractivity contribution is 8.13. The van der Waals surface area contributed by atoms with Crippen LogP contribution in [0.25, 0.3) is 0 Å². The second-order valence-electron chi connectivity index (χ2n) is 5.63. The molecule has 0 bridgehead atoms. The minimum absolute atomic E-state index is 0.177. The van der Waals surface area contributed by atoms with Gasteiger partial charge in [0.05, 0.1) is 5.69 Å². The maximum Gasteiger partial charge on any atom is 0.283 e. The molecule has 2 rings (SSSR count). The fraction of sp³-hybridized carbons (Fsp3) is 0.316. The molecule has 1 N–H and O–H groups in total. The average molecular weight is 347 g/mol. The number of benzene rings is 2. The van der Waals surface area contributed by atoms with Crippen LogP contribution in [0.15, 0.2) is 30.3 Å². The van der Waals surface area contributed by atoms with Crippen molar-refractivity contribution in [2.75, 3.05) is 11.6 Å². The van der Waals surface area contributed by atoms with Gasteiger partial charge in [-0.25, -0.2) is 4.39 Å². The Morgan fingerprint density at radius 3 is 2.54 bits per heavy atom. The first-order valence-corrected chi connectivity index (χ1v) is 9.03. The van der Waals surface area contributed by atoms with Gasteiger partial charge in [0, 0.05) is 5.56 Å². The second kappa shape index (κ2) is 8.20. The first kappa shape index (κ1) is 18.3. The van der Waals surface area contributed by atoms with Crippen LogP contribution >= 0.6 is 11.8 Å². The molecule has 0 radical (unpaired) electrons. The number of halogens is 1. The summed E-state index contributed by atoms with van der Waals surface area (Å²) in [5.74, 6) is 0.429. The Balaban J connectivity index is 2.30. The van der Waals surface area contributed by atoms with Crippen LogP contribution in [0.5, 0.6) is 5.75 Å². The van der Waals surface area contributed by atoms with Crippen molar-refractivity contribution in [2.24, 2.45) is 0 Å². The fourth-order valence-corrected chi connectivity index (χ4v) is 2.75. The Hall–Kier alpha value is -2.01. The monoisotopic (exact) mass is 347 g/mol. The van der Waals surface area contributed by atoms with Gasteiger partial charge in [-0.3, -0.25) is 4.79 Å². The first-order chi connectivity index (χ1) is 11.4. The number of hydrogen-bond acceptors (Lipinski definition) is 3. The molecule has 0 aliphatic heterocycles. The Morgan fingerprint density at radius 1 is 1.21 bits per heavy atom. The summed E-state index contributed by atoms with van der Waals surface area (Å²) in [7, 11) is 0. The number of rotatable bonds is 5. The fourth-order valence-electron chi connectivity index (χ4n) is 2.55. The molecule has 0 aromatic heterocycles. The van der Waals surface area contributed by atoms with Gasteiger partial charge in [0.1, 0.15) is 18.2 Å². The van der Waals surface area contributed by atoms with Gasteiger partial charge in [-0.1, -0.05) is 36.4 Å². The van der Waals surface area contributed by atoms with Crippen LogP contribution in [0.3, 0.4) is 0 Å². The molecule has 3 nitrogen and oxygen atoms in total. The van der Waals surface area contributed by atoms with Crippen LogP contribution < -0.4 is 10.1 Å². The zero-order valence-electron chi connectivity index (χ0n) is 14.4. The van der Waals surface area contributed by atoms with Gasteiger partial charge >= 0.3 is 0 Å². The summed E-state index contributed by atoms with van der Waals surface area (Å²) in [4.78, 5) is 11.8. The predicted octanol–water partition coefficient (Wildman–Crippen LogP) is 5.48. The van der Waals surface area contributed by atoms with Crippen LogP contribution in [-0.2, 0) is 13.0 Å². The van der Waals surface area contributed by atoms with E-state index in [2.05, 4.69) is 5.32 Å². The number of carbonyl (C=O) groups excluding carboxylic acids is 1. The minimum Gasteiger partial charge on any atom is -0.489 e. The molecular weight excluding hydrogens is 325 g/mol. The van der Waals surface area contributed by atoms with E-state index in [1.807, 2.05) is 39.0 Å². The van der Waals surface area contributed by atoms with E-state index in [9.17, 15) is 9.18 Å². The number of carbonyl (C=O) groups is 1. The Kier molecular flexibility index (Phi) is 6.26. The van der Waals surface area contributed by atoms with Crippen LogP contribution in [0.1, 0.15) is 29.2 Å². The Labute approximate surface area is 146 Å². The lowest BCUT2D eigenvalue weighted by Gasteiger charge is -2.16. The van der Waals surface area contributed by atoms with Crippen LogP contribution in [0.4, 0.5) is 14.9 Å². The highest BCUT2D eigenvalue weighted by atomic mass is 32.2. The molecule has 0 spiro atoms. The highest BCUT2D eigenvalue weighted by Gasteiger charge is 2.14. The van der Waals surface area contributed by atoms with Crippen molar-refractivity contribution >= 4 is 22.7 Å². The number of nitrogens with one attached hydrogen (secondary N) is 1. The molecule has 0 aliphatic rings. The van der Waals surface area contributed by atoms with Crippen LogP contribution in [-0.4, -0.2) is 11.5 Å². The lowest BCUT2D eigenvalue weighted by Crippen LogP contribution is -2.11. The van der Waals surface area contributed by atoms with Crippen molar-refractivity contribution < 1.29 is 13.9 Å². The lowest BCUT2D eigenvalue weighted by atomic mass is 10.0. The van der Waals surface area contributed by atoms with E-state index < -0.39 is 0 Å². The zero-order chi connectivity index (χ0) is 17.7. The largest absolute Gasteiger partial charge is 0.489 e. The molecule has 0 saturated heterocycles. The molecular formula is C19H22FNO2S. The number of thioether (sulfide) groups is 1. The van der Waals surface area contributed by atoms with Crippen LogP contribution in [0, 0.1) is 19.7 Å². The van der Waals surface area contributed by atoms with Gasteiger partial charge in [0.15, 0.2) is 0 Å². The minimum atomic E-state index is -0.326. The van der Waals surface area contributed by atoms with Crippen molar-refractivity contribution in [3.63, 3.8) is 0 Å². The Morgan fingerprint density at radius 2 is 1.92 bits per heavy atom. The van der Waals surface area contributed by atoms with E-state index >= 15 is 0 Å². The summed E-state index contributed by atoms with van der Waals surface area (Å²) in [5.41, 5.74) is 4.22. The molecule has 24 heavy (non-hydrogen) atoms. The molecule has 0 aliphatic carbocycles. The highest BCUT2D eigenvalue weighted by Crippen LogP contribution is 2.27. The van der Waals surface area contributed by atoms with Crippen molar-refractivity contribution in [1.82, 2.24) is 0 Å². The summed E-state index contributed by atoms with van der Waals surface area (Å²) in [6, 6.07) is 8.79. The van der Waals surface area contributed by atoms with E-state index in [0.29, 0.717) is 17.7 Å². The molecule has 1 amide bonds. The van der Waals surface area contributed by atoms with Gasteiger partial charge in [-0.05, 0) is 55.9 Å². The Bertz CT molecular complexity index is 746. The molecule has 0 saturated carbocycles. The smallest absolute Gasteiger partial charge is 0.283 e. The first-order valence-electron chi connectivity index (χ1n) is 7.81. The number of hydrogen-bond donors (Lipinski definition) is 1. The van der Waals surface area contributed by atoms with E-state index in [-0.39, 0.29) is 17.7 Å². The molecule has 2 aromatic carbocycles. The van der Waals surface area contributed by atoms with Crippen LogP contribution in [0.2, 0.25) is 0 Å². The standard InChI is InChI=1S/C19H22FNO2S/c1-5-14-9-16(20)10-15(18(14)21-19(22)24-4)11-23-17-7-6-12(2)8-13(17)3/h6-10H,5,11H2,1-4H3,(H,21,22). The maximum atomic E-state index is 13.9. The van der Waals surface area contributed by atoms with E-state index in [0.717, 1.165) is 34.2 Å². The number of ether oxygens (including phenoxy) is 1. The van der Waals surface area contributed by atoms with E-state index in [1.54, 1.807) is 6.26 Å². The summed E-state index contributed by atoms with van der Waals surface area (Å²) in [6.07, 6.45) is 2.33. The van der Waals surface area contributed by atoms with E-state index in [4.69, 9.17) is 4.74 Å². The topological polar surface area (TPSA) is 38.3 Å². The molecule has 5 heteroatoms. The third-order valence-electron chi connectivity index (χ3n) is 3.77. The third-order valence-corrected chi connectivity index (χ3v) is 4.25. The normalized spacial score (nSPS) is 10.5. The van der Waals surface area contributed by atoms with Gasteiger partial charge in [0.2, 0.25) is 0 Å². The van der Waals surface area contributed by atoms with Crippen molar-refractivity contribution in [1.29, 1.82) is 0 Å².